The number of sulfone groups is 1. The number of fused-ring (bicyclic) bond motifs is 5. The quantitative estimate of drug-likeness (QED) is 0.573. The number of para-hydroxylation sites is 2. The summed E-state index contributed by atoms with van der Waals surface area (Å²) in [7, 11) is -3.38. The standard InChI is InChI=1S/C25H22N2O6S/c1-2-12-26-18-9-5-4-8-17(18)25(24(26)30)20-21(28)16-7-3-6-10-19(16)33-22(20)23(29)27(25)15-11-13-34(31,32)14-15/h3-10,15H,2,11-14H2,1H3. The lowest BCUT2D eigenvalue weighted by Gasteiger charge is -2.37. The number of hydrogen-bond donors (Lipinski definition) is 0. The Balaban J connectivity index is 1.73. The third-order valence-electron chi connectivity index (χ3n) is 7.09. The Morgan fingerprint density at radius 3 is 2.53 bits per heavy atom. The molecular formula is C25H22N2O6S. The van der Waals surface area contributed by atoms with E-state index in [1.807, 2.05) is 6.92 Å². The Morgan fingerprint density at radius 1 is 1.06 bits per heavy atom. The van der Waals surface area contributed by atoms with Crippen molar-refractivity contribution in [3.63, 3.8) is 0 Å². The Bertz CT molecular complexity index is 1560. The van der Waals surface area contributed by atoms with Crippen LogP contribution in [0.1, 0.15) is 41.4 Å². The van der Waals surface area contributed by atoms with Crippen molar-refractivity contribution in [1.82, 2.24) is 4.90 Å². The van der Waals surface area contributed by atoms with E-state index in [2.05, 4.69) is 0 Å². The van der Waals surface area contributed by atoms with Gasteiger partial charge in [-0.3, -0.25) is 14.4 Å². The normalized spacial score (nSPS) is 24.9. The molecule has 34 heavy (non-hydrogen) atoms. The molecular weight excluding hydrogens is 456 g/mol. The zero-order valence-electron chi connectivity index (χ0n) is 18.5. The number of anilines is 1. The first-order valence-electron chi connectivity index (χ1n) is 11.3. The van der Waals surface area contributed by atoms with Gasteiger partial charge in [0.1, 0.15) is 5.58 Å². The van der Waals surface area contributed by atoms with E-state index in [4.69, 9.17) is 4.42 Å². The lowest BCUT2D eigenvalue weighted by Crippen LogP contribution is -2.57. The molecule has 2 atom stereocenters. The molecule has 3 aliphatic rings. The second-order valence-corrected chi connectivity index (χ2v) is 11.3. The second-order valence-electron chi connectivity index (χ2n) is 9.05. The molecule has 6 rings (SSSR count). The predicted molar refractivity (Wildman–Crippen MR) is 126 cm³/mol. The highest BCUT2D eigenvalue weighted by molar-refractivity contribution is 7.91. The van der Waals surface area contributed by atoms with Crippen molar-refractivity contribution < 1.29 is 22.4 Å². The summed E-state index contributed by atoms with van der Waals surface area (Å²) >= 11 is 0. The highest BCUT2D eigenvalue weighted by Gasteiger charge is 2.66. The van der Waals surface area contributed by atoms with E-state index in [0.717, 1.165) is 0 Å². The van der Waals surface area contributed by atoms with E-state index >= 15 is 0 Å². The molecule has 1 saturated heterocycles. The predicted octanol–water partition coefficient (Wildman–Crippen LogP) is 2.44. The maximum atomic E-state index is 14.3. The third kappa shape index (κ3) is 2.53. The maximum Gasteiger partial charge on any atom is 0.291 e. The molecule has 4 heterocycles. The molecule has 174 valence electrons. The molecule has 2 aromatic carbocycles. The van der Waals surface area contributed by atoms with E-state index in [-0.39, 0.29) is 40.2 Å². The lowest BCUT2D eigenvalue weighted by atomic mass is 9.83. The molecule has 1 fully saturated rings. The number of carbonyl (C=O) groups excluding carboxylic acids is 2. The van der Waals surface area contributed by atoms with E-state index in [9.17, 15) is 22.8 Å². The fraction of sp³-hybridized carbons (Fsp3) is 0.320. The molecule has 0 bridgehead atoms. The van der Waals surface area contributed by atoms with Crippen LogP contribution in [-0.4, -0.2) is 49.2 Å². The summed E-state index contributed by atoms with van der Waals surface area (Å²) in [4.78, 5) is 45.0. The Morgan fingerprint density at radius 2 is 1.79 bits per heavy atom. The molecule has 8 nitrogen and oxygen atoms in total. The molecule has 3 aliphatic heterocycles. The molecule has 3 aromatic rings. The molecule has 2 amide bonds. The van der Waals surface area contributed by atoms with E-state index in [0.29, 0.717) is 24.2 Å². The van der Waals surface area contributed by atoms with Crippen molar-refractivity contribution in [3.05, 3.63) is 75.6 Å². The van der Waals surface area contributed by atoms with E-state index in [1.165, 1.54) is 4.90 Å². The number of amides is 2. The van der Waals surface area contributed by atoms with Crippen LogP contribution in [0.2, 0.25) is 0 Å². The van der Waals surface area contributed by atoms with Gasteiger partial charge in [-0.2, -0.15) is 0 Å². The summed E-state index contributed by atoms with van der Waals surface area (Å²) < 4.78 is 30.8. The van der Waals surface area contributed by atoms with Gasteiger partial charge in [-0.1, -0.05) is 37.3 Å². The molecule has 2 unspecified atom stereocenters. The third-order valence-corrected chi connectivity index (χ3v) is 8.84. The monoisotopic (exact) mass is 478 g/mol. The zero-order chi connectivity index (χ0) is 23.8. The van der Waals surface area contributed by atoms with Crippen LogP contribution in [-0.2, 0) is 20.2 Å². The largest absolute Gasteiger partial charge is 0.450 e. The van der Waals surface area contributed by atoms with Crippen LogP contribution in [0.15, 0.2) is 57.7 Å². The fourth-order valence-corrected chi connectivity index (χ4v) is 7.48. The van der Waals surface area contributed by atoms with Gasteiger partial charge in [0.25, 0.3) is 11.8 Å². The lowest BCUT2D eigenvalue weighted by molar-refractivity contribution is -0.126. The van der Waals surface area contributed by atoms with E-state index < -0.39 is 38.7 Å². The van der Waals surface area contributed by atoms with Crippen LogP contribution in [0, 0.1) is 0 Å². The summed E-state index contributed by atoms with van der Waals surface area (Å²) in [5.74, 6) is -1.57. The van der Waals surface area contributed by atoms with Crippen molar-refractivity contribution in [2.24, 2.45) is 0 Å². The summed E-state index contributed by atoms with van der Waals surface area (Å²) in [5, 5.41) is 0.272. The summed E-state index contributed by atoms with van der Waals surface area (Å²) in [5.41, 5.74) is -0.847. The summed E-state index contributed by atoms with van der Waals surface area (Å²) in [6.07, 6.45) is 0.863. The number of nitrogens with zero attached hydrogens (tertiary/aromatic N) is 2. The number of carbonyl (C=O) groups is 2. The molecule has 9 heteroatoms. The molecule has 1 aromatic heterocycles. The summed E-state index contributed by atoms with van der Waals surface area (Å²) in [6, 6.07) is 13.0. The average Bonchev–Trinajstić information content (AvgIpc) is 3.39. The van der Waals surface area contributed by atoms with Crippen LogP contribution >= 0.6 is 0 Å². The second kappa shape index (κ2) is 7.02. The Labute approximate surface area is 195 Å². The fourth-order valence-electron chi connectivity index (χ4n) is 5.78. The Hall–Kier alpha value is -3.46. The minimum Gasteiger partial charge on any atom is -0.450 e. The Kier molecular flexibility index (Phi) is 4.36. The van der Waals surface area contributed by atoms with Crippen LogP contribution in [0.4, 0.5) is 5.69 Å². The van der Waals surface area contributed by atoms with Gasteiger partial charge in [-0.25, -0.2) is 8.42 Å². The van der Waals surface area contributed by atoms with Crippen molar-refractivity contribution in [1.29, 1.82) is 0 Å². The van der Waals surface area contributed by atoms with Crippen LogP contribution in [0.3, 0.4) is 0 Å². The van der Waals surface area contributed by atoms with Crippen LogP contribution < -0.4 is 10.3 Å². The molecule has 0 radical (unpaired) electrons. The topological polar surface area (TPSA) is 105 Å². The van der Waals surface area contributed by atoms with Gasteiger partial charge in [-0.05, 0) is 31.0 Å². The summed E-state index contributed by atoms with van der Waals surface area (Å²) in [6.45, 7) is 2.34. The van der Waals surface area contributed by atoms with Crippen molar-refractivity contribution in [3.8, 4) is 0 Å². The smallest absolute Gasteiger partial charge is 0.291 e. The van der Waals surface area contributed by atoms with Gasteiger partial charge in [-0.15, -0.1) is 0 Å². The van der Waals surface area contributed by atoms with Crippen molar-refractivity contribution in [2.45, 2.75) is 31.3 Å². The first-order chi connectivity index (χ1) is 16.3. The van der Waals surface area contributed by atoms with Crippen LogP contribution in [0.25, 0.3) is 11.0 Å². The minimum absolute atomic E-state index is 0.0171. The average molecular weight is 479 g/mol. The van der Waals surface area contributed by atoms with Gasteiger partial charge >= 0.3 is 0 Å². The highest BCUT2D eigenvalue weighted by atomic mass is 32.2. The number of hydrogen-bond acceptors (Lipinski definition) is 6. The molecule has 1 spiro atoms. The maximum absolute atomic E-state index is 14.3. The SMILES string of the molecule is CCCN1C(=O)C2(c3ccccc31)c1c(oc3ccccc3c1=O)C(=O)N2C1CCS(=O)(=O)C1. The van der Waals surface area contributed by atoms with Gasteiger partial charge in [0, 0.05) is 18.2 Å². The van der Waals surface area contributed by atoms with Crippen LogP contribution in [0.5, 0.6) is 0 Å². The van der Waals surface area contributed by atoms with Crippen molar-refractivity contribution in [2.75, 3.05) is 23.0 Å². The first-order valence-corrected chi connectivity index (χ1v) is 13.1. The highest BCUT2D eigenvalue weighted by Crippen LogP contribution is 2.54. The van der Waals surface area contributed by atoms with Gasteiger partial charge in [0.2, 0.25) is 5.76 Å². The first kappa shape index (κ1) is 21.1. The zero-order valence-corrected chi connectivity index (χ0v) is 19.3. The van der Waals surface area contributed by atoms with Gasteiger partial charge in [0.05, 0.1) is 28.1 Å². The molecule has 0 saturated carbocycles. The number of rotatable bonds is 3. The van der Waals surface area contributed by atoms with Crippen molar-refractivity contribution >= 4 is 38.3 Å². The van der Waals surface area contributed by atoms with Gasteiger partial charge < -0.3 is 14.2 Å². The van der Waals surface area contributed by atoms with Gasteiger partial charge in [0.15, 0.2) is 20.8 Å². The molecule has 0 N–H and O–H groups in total. The van der Waals surface area contributed by atoms with E-state index in [1.54, 1.807) is 53.4 Å². The molecule has 0 aliphatic carbocycles. The number of benzene rings is 2. The minimum atomic E-state index is -3.38.